The molecule has 0 bridgehead atoms. The van der Waals surface area contributed by atoms with Crippen molar-refractivity contribution in [3.8, 4) is 0 Å². The number of benzene rings is 2. The number of anilines is 2. The van der Waals surface area contributed by atoms with Crippen LogP contribution >= 0.6 is 0 Å². The second kappa shape index (κ2) is 5.70. The summed E-state index contributed by atoms with van der Waals surface area (Å²) in [5.74, 6) is -0.0309. The summed E-state index contributed by atoms with van der Waals surface area (Å²) in [6, 6.07) is 15.2. The average molecular weight is 310 g/mol. The molecule has 1 amide bonds. The van der Waals surface area contributed by atoms with E-state index in [1.165, 1.54) is 0 Å². The maximum atomic E-state index is 13.0. The number of para-hydroxylation sites is 1. The van der Waals surface area contributed by atoms with Crippen LogP contribution in [0.5, 0.6) is 0 Å². The van der Waals surface area contributed by atoms with Crippen LogP contribution in [0.1, 0.15) is 29.3 Å². The van der Waals surface area contributed by atoms with Gasteiger partial charge in [-0.25, -0.2) is 0 Å². The van der Waals surface area contributed by atoms with E-state index in [9.17, 15) is 9.90 Å². The van der Waals surface area contributed by atoms with Crippen LogP contribution in [0, 0.1) is 0 Å². The lowest BCUT2D eigenvalue weighted by atomic mass is 9.87. The minimum absolute atomic E-state index is 0.0309. The average Bonchev–Trinajstić information content (AvgIpc) is 2.55. The van der Waals surface area contributed by atoms with Crippen molar-refractivity contribution in [1.82, 2.24) is 0 Å². The molecular formula is C19H22N2O2. The fourth-order valence-electron chi connectivity index (χ4n) is 3.03. The molecule has 1 N–H and O–H groups in total. The Hall–Kier alpha value is -2.33. The van der Waals surface area contributed by atoms with Gasteiger partial charge in [-0.05, 0) is 37.6 Å². The van der Waals surface area contributed by atoms with Gasteiger partial charge in [-0.1, -0.05) is 24.3 Å². The summed E-state index contributed by atoms with van der Waals surface area (Å²) >= 11 is 0. The minimum Gasteiger partial charge on any atom is -0.385 e. The van der Waals surface area contributed by atoms with E-state index < -0.39 is 5.60 Å². The Morgan fingerprint density at radius 1 is 1.17 bits per heavy atom. The number of rotatable bonds is 2. The van der Waals surface area contributed by atoms with Crippen LogP contribution in [0.4, 0.5) is 11.4 Å². The zero-order valence-electron chi connectivity index (χ0n) is 13.8. The molecule has 1 atom stereocenters. The number of fused-ring (bicyclic) bond motifs is 1. The molecule has 0 saturated heterocycles. The summed E-state index contributed by atoms with van der Waals surface area (Å²) in [6.07, 6.45) is 0.531. The Balaban J connectivity index is 1.99. The third kappa shape index (κ3) is 2.82. The summed E-state index contributed by atoms with van der Waals surface area (Å²) in [5, 5.41) is 10.6. The predicted molar refractivity (Wildman–Crippen MR) is 93.1 cm³/mol. The first-order valence-corrected chi connectivity index (χ1v) is 7.81. The van der Waals surface area contributed by atoms with Gasteiger partial charge in [0, 0.05) is 37.5 Å². The lowest BCUT2D eigenvalue weighted by Crippen LogP contribution is -2.42. The number of carbonyl (C=O) groups excluding carboxylic acids is 1. The molecule has 1 aliphatic rings. The Morgan fingerprint density at radius 3 is 2.65 bits per heavy atom. The van der Waals surface area contributed by atoms with E-state index in [1.807, 2.05) is 67.5 Å². The maximum absolute atomic E-state index is 13.0. The van der Waals surface area contributed by atoms with Crippen molar-refractivity contribution in [3.63, 3.8) is 0 Å². The molecule has 3 rings (SSSR count). The van der Waals surface area contributed by atoms with Gasteiger partial charge in [-0.3, -0.25) is 4.79 Å². The number of carbonyl (C=O) groups is 1. The van der Waals surface area contributed by atoms with Crippen molar-refractivity contribution in [2.24, 2.45) is 0 Å². The molecule has 120 valence electrons. The number of hydrogen-bond acceptors (Lipinski definition) is 3. The fraction of sp³-hybridized carbons (Fsp3) is 0.316. The first kappa shape index (κ1) is 15.6. The monoisotopic (exact) mass is 310 g/mol. The molecule has 0 spiro atoms. The second-order valence-electron chi connectivity index (χ2n) is 6.44. The summed E-state index contributed by atoms with van der Waals surface area (Å²) in [7, 11) is 3.91. The number of nitrogens with zero attached hydrogens (tertiary/aromatic N) is 2. The largest absolute Gasteiger partial charge is 0.385 e. The van der Waals surface area contributed by atoms with Gasteiger partial charge in [0.05, 0.1) is 11.3 Å². The van der Waals surface area contributed by atoms with Crippen LogP contribution in [0.15, 0.2) is 48.5 Å². The quantitative estimate of drug-likeness (QED) is 0.927. The van der Waals surface area contributed by atoms with E-state index in [4.69, 9.17) is 0 Å². The zero-order valence-corrected chi connectivity index (χ0v) is 13.8. The standard InChI is InChI=1S/C19H22N2O2/c1-19(23)11-12-21(17-10-5-4-9-16(17)19)18(22)14-7-6-8-15(13-14)20(2)3/h4-10,13,23H,11-12H2,1-3H3. The van der Waals surface area contributed by atoms with E-state index in [0.717, 1.165) is 16.9 Å². The van der Waals surface area contributed by atoms with E-state index in [0.29, 0.717) is 18.5 Å². The Morgan fingerprint density at radius 2 is 1.91 bits per heavy atom. The second-order valence-corrected chi connectivity index (χ2v) is 6.44. The van der Waals surface area contributed by atoms with Gasteiger partial charge in [0.15, 0.2) is 0 Å². The van der Waals surface area contributed by atoms with Gasteiger partial charge in [0.1, 0.15) is 0 Å². The molecular weight excluding hydrogens is 288 g/mol. The fourth-order valence-corrected chi connectivity index (χ4v) is 3.03. The predicted octanol–water partition coefficient (Wildman–Crippen LogP) is 3.01. The molecule has 0 aliphatic carbocycles. The molecule has 2 aromatic rings. The smallest absolute Gasteiger partial charge is 0.258 e. The number of hydrogen-bond donors (Lipinski definition) is 1. The van der Waals surface area contributed by atoms with Crippen molar-refractivity contribution in [3.05, 3.63) is 59.7 Å². The van der Waals surface area contributed by atoms with Crippen molar-refractivity contribution in [2.75, 3.05) is 30.4 Å². The van der Waals surface area contributed by atoms with Crippen LogP contribution in [-0.4, -0.2) is 31.7 Å². The highest BCUT2D eigenvalue weighted by Gasteiger charge is 2.35. The van der Waals surface area contributed by atoms with Crippen LogP contribution < -0.4 is 9.80 Å². The molecule has 4 nitrogen and oxygen atoms in total. The Labute approximate surface area is 137 Å². The van der Waals surface area contributed by atoms with Crippen molar-refractivity contribution >= 4 is 17.3 Å². The lowest BCUT2D eigenvalue weighted by Gasteiger charge is -2.38. The molecule has 0 aromatic heterocycles. The van der Waals surface area contributed by atoms with E-state index in [-0.39, 0.29) is 5.91 Å². The lowest BCUT2D eigenvalue weighted by molar-refractivity contribution is 0.0450. The van der Waals surface area contributed by atoms with Crippen LogP contribution in [0.25, 0.3) is 0 Å². The molecule has 4 heteroatoms. The molecule has 0 saturated carbocycles. The van der Waals surface area contributed by atoms with Crippen molar-refractivity contribution in [2.45, 2.75) is 18.9 Å². The highest BCUT2D eigenvalue weighted by atomic mass is 16.3. The SMILES string of the molecule is CN(C)c1cccc(C(=O)N2CCC(C)(O)c3ccccc32)c1. The zero-order chi connectivity index (χ0) is 16.6. The summed E-state index contributed by atoms with van der Waals surface area (Å²) in [5.41, 5.74) is 2.37. The Kier molecular flexibility index (Phi) is 3.86. The first-order chi connectivity index (χ1) is 10.9. The highest BCUT2D eigenvalue weighted by molar-refractivity contribution is 6.07. The van der Waals surface area contributed by atoms with Crippen molar-refractivity contribution < 1.29 is 9.90 Å². The van der Waals surface area contributed by atoms with Crippen molar-refractivity contribution in [1.29, 1.82) is 0 Å². The third-order valence-electron chi connectivity index (χ3n) is 4.45. The normalized spacial score (nSPS) is 20.1. The van der Waals surface area contributed by atoms with Gasteiger partial charge in [-0.2, -0.15) is 0 Å². The van der Waals surface area contributed by atoms with Gasteiger partial charge in [0.25, 0.3) is 5.91 Å². The third-order valence-corrected chi connectivity index (χ3v) is 4.45. The van der Waals surface area contributed by atoms with Crippen LogP contribution in [0.2, 0.25) is 0 Å². The highest BCUT2D eigenvalue weighted by Crippen LogP contribution is 2.38. The van der Waals surface area contributed by atoms with Gasteiger partial charge in [0.2, 0.25) is 0 Å². The topological polar surface area (TPSA) is 43.8 Å². The summed E-state index contributed by atoms with van der Waals surface area (Å²) < 4.78 is 0. The summed E-state index contributed by atoms with van der Waals surface area (Å²) in [4.78, 5) is 16.7. The van der Waals surface area contributed by atoms with Gasteiger partial charge >= 0.3 is 0 Å². The number of aliphatic hydroxyl groups is 1. The molecule has 2 aromatic carbocycles. The van der Waals surface area contributed by atoms with E-state index in [1.54, 1.807) is 11.8 Å². The summed E-state index contributed by atoms with van der Waals surface area (Å²) in [6.45, 7) is 2.31. The molecule has 1 aliphatic heterocycles. The van der Waals surface area contributed by atoms with E-state index >= 15 is 0 Å². The van der Waals surface area contributed by atoms with Crippen LogP contribution in [0.3, 0.4) is 0 Å². The number of amides is 1. The first-order valence-electron chi connectivity index (χ1n) is 7.81. The molecule has 1 heterocycles. The van der Waals surface area contributed by atoms with Gasteiger partial charge < -0.3 is 14.9 Å². The van der Waals surface area contributed by atoms with E-state index in [2.05, 4.69) is 0 Å². The van der Waals surface area contributed by atoms with Crippen LogP contribution in [-0.2, 0) is 5.60 Å². The molecule has 0 radical (unpaired) electrons. The molecule has 0 fully saturated rings. The molecule has 1 unspecified atom stereocenters. The minimum atomic E-state index is -0.890. The molecule has 23 heavy (non-hydrogen) atoms. The Bertz CT molecular complexity index is 738. The van der Waals surface area contributed by atoms with Gasteiger partial charge in [-0.15, -0.1) is 0 Å². The maximum Gasteiger partial charge on any atom is 0.258 e.